The average molecular weight is 268 g/mol. The molecule has 1 atom stereocenters. The number of hydrogen-bond donors (Lipinski definition) is 4. The van der Waals surface area contributed by atoms with E-state index < -0.39 is 0 Å². The first-order valence-electron chi connectivity index (χ1n) is 7.02. The topological polar surface area (TPSA) is 48.1 Å². The van der Waals surface area contributed by atoms with Crippen molar-refractivity contribution in [3.63, 3.8) is 0 Å². The van der Waals surface area contributed by atoms with Gasteiger partial charge in [0.1, 0.15) is 0 Å². The highest BCUT2D eigenvalue weighted by atomic mass is 15.4. The summed E-state index contributed by atoms with van der Waals surface area (Å²) < 4.78 is 0. The Balaban J connectivity index is 1.53. The minimum atomic E-state index is 0.381. The molecule has 1 aliphatic carbocycles. The fourth-order valence-electron chi connectivity index (χ4n) is 2.36. The van der Waals surface area contributed by atoms with Gasteiger partial charge in [0.2, 0.25) is 0 Å². The quantitative estimate of drug-likeness (QED) is 0.613. The molecule has 20 heavy (non-hydrogen) atoms. The molecular weight excluding hydrogens is 248 g/mol. The summed E-state index contributed by atoms with van der Waals surface area (Å²) in [4.78, 5) is 0. The highest BCUT2D eigenvalue weighted by Gasteiger charge is 2.07. The van der Waals surface area contributed by atoms with E-state index in [9.17, 15) is 0 Å². The SMILES string of the molecule is C1=CCC(NNCc2cccc(C3=CCNN3)c2)C=C1. The molecule has 3 rings (SSSR count). The molecule has 1 unspecified atom stereocenters. The predicted octanol–water partition coefficient (Wildman–Crippen LogP) is 1.61. The van der Waals surface area contributed by atoms with Crippen LogP contribution in [0.3, 0.4) is 0 Å². The maximum atomic E-state index is 3.33. The molecule has 1 heterocycles. The molecule has 0 amide bonds. The van der Waals surface area contributed by atoms with Crippen molar-refractivity contribution in [2.24, 2.45) is 0 Å². The van der Waals surface area contributed by atoms with Crippen LogP contribution in [0, 0.1) is 0 Å². The van der Waals surface area contributed by atoms with E-state index in [0.717, 1.165) is 25.2 Å². The molecule has 1 aliphatic heterocycles. The second-order valence-corrected chi connectivity index (χ2v) is 4.98. The molecule has 104 valence electrons. The first-order chi connectivity index (χ1) is 9.92. The van der Waals surface area contributed by atoms with E-state index >= 15 is 0 Å². The summed E-state index contributed by atoms with van der Waals surface area (Å²) in [6.45, 7) is 1.68. The molecule has 0 bridgehead atoms. The molecule has 0 saturated heterocycles. The Morgan fingerprint density at radius 3 is 3.05 bits per heavy atom. The molecule has 0 saturated carbocycles. The van der Waals surface area contributed by atoms with Gasteiger partial charge in [-0.15, -0.1) is 0 Å². The van der Waals surface area contributed by atoms with E-state index in [-0.39, 0.29) is 0 Å². The van der Waals surface area contributed by atoms with Crippen molar-refractivity contribution in [3.05, 3.63) is 65.8 Å². The fraction of sp³-hybridized carbons (Fsp3) is 0.250. The summed E-state index contributed by atoms with van der Waals surface area (Å²) in [5.41, 5.74) is 16.5. The lowest BCUT2D eigenvalue weighted by atomic mass is 10.1. The summed E-state index contributed by atoms with van der Waals surface area (Å²) in [6.07, 6.45) is 11.7. The van der Waals surface area contributed by atoms with Gasteiger partial charge >= 0.3 is 0 Å². The summed E-state index contributed by atoms with van der Waals surface area (Å²) in [5.74, 6) is 0. The number of nitrogens with one attached hydrogen (secondary N) is 4. The number of hydrazine groups is 2. The minimum absolute atomic E-state index is 0.381. The van der Waals surface area contributed by atoms with Crippen LogP contribution in [0.5, 0.6) is 0 Å². The van der Waals surface area contributed by atoms with Crippen LogP contribution < -0.4 is 21.7 Å². The third-order valence-corrected chi connectivity index (χ3v) is 3.43. The standard InChI is InChI=1S/C16H20N4/c1-2-7-15(8-3-1)19-18-12-13-5-4-6-14(11-13)16-9-10-17-20-16/h1-7,9,11,15,17-20H,8,10,12H2. The van der Waals surface area contributed by atoms with Crippen molar-refractivity contribution in [2.45, 2.75) is 19.0 Å². The summed E-state index contributed by atoms with van der Waals surface area (Å²) in [5, 5.41) is 0. The highest BCUT2D eigenvalue weighted by Crippen LogP contribution is 2.14. The van der Waals surface area contributed by atoms with E-state index in [2.05, 4.69) is 76.3 Å². The number of rotatable bonds is 5. The molecule has 1 aromatic carbocycles. The van der Waals surface area contributed by atoms with Crippen LogP contribution in [0.4, 0.5) is 0 Å². The average Bonchev–Trinajstić information content (AvgIpc) is 3.03. The molecule has 0 spiro atoms. The predicted molar refractivity (Wildman–Crippen MR) is 82.2 cm³/mol. The largest absolute Gasteiger partial charge is 0.321 e. The Kier molecular flexibility index (Phi) is 4.28. The van der Waals surface area contributed by atoms with Crippen LogP contribution in [0.2, 0.25) is 0 Å². The molecule has 0 aromatic heterocycles. The van der Waals surface area contributed by atoms with Crippen LogP contribution in [0.1, 0.15) is 17.5 Å². The number of benzene rings is 1. The first kappa shape index (κ1) is 13.1. The summed E-state index contributed by atoms with van der Waals surface area (Å²) >= 11 is 0. The van der Waals surface area contributed by atoms with Crippen LogP contribution in [0.25, 0.3) is 5.70 Å². The lowest BCUT2D eigenvalue weighted by Crippen LogP contribution is -2.39. The molecule has 0 fully saturated rings. The smallest absolute Gasteiger partial charge is 0.0533 e. The van der Waals surface area contributed by atoms with Crippen molar-refractivity contribution >= 4 is 5.70 Å². The van der Waals surface area contributed by atoms with Gasteiger partial charge in [0.15, 0.2) is 0 Å². The zero-order valence-electron chi connectivity index (χ0n) is 11.4. The Labute approximate surface area is 119 Å². The van der Waals surface area contributed by atoms with E-state index in [4.69, 9.17) is 0 Å². The van der Waals surface area contributed by atoms with Gasteiger partial charge < -0.3 is 5.43 Å². The van der Waals surface area contributed by atoms with Gasteiger partial charge in [0.25, 0.3) is 0 Å². The lowest BCUT2D eigenvalue weighted by molar-refractivity contribution is 0.477. The van der Waals surface area contributed by atoms with Crippen molar-refractivity contribution in [2.75, 3.05) is 6.54 Å². The highest BCUT2D eigenvalue weighted by molar-refractivity contribution is 5.65. The summed E-state index contributed by atoms with van der Waals surface area (Å²) in [6, 6.07) is 8.94. The van der Waals surface area contributed by atoms with Crippen molar-refractivity contribution < 1.29 is 0 Å². The normalized spacial score (nSPS) is 20.8. The molecule has 0 radical (unpaired) electrons. The lowest BCUT2D eigenvalue weighted by Gasteiger charge is -2.16. The van der Waals surface area contributed by atoms with Gasteiger partial charge in [0, 0.05) is 19.1 Å². The Morgan fingerprint density at radius 2 is 2.25 bits per heavy atom. The van der Waals surface area contributed by atoms with E-state index in [1.54, 1.807) is 0 Å². The van der Waals surface area contributed by atoms with Crippen molar-refractivity contribution in [1.29, 1.82) is 0 Å². The second-order valence-electron chi connectivity index (χ2n) is 4.98. The zero-order valence-corrected chi connectivity index (χ0v) is 11.4. The Morgan fingerprint density at radius 1 is 1.25 bits per heavy atom. The van der Waals surface area contributed by atoms with Crippen molar-refractivity contribution in [1.82, 2.24) is 21.7 Å². The third kappa shape index (κ3) is 3.36. The monoisotopic (exact) mass is 268 g/mol. The number of allylic oxidation sites excluding steroid dienone is 2. The van der Waals surface area contributed by atoms with Gasteiger partial charge in [0.05, 0.1) is 5.70 Å². The van der Waals surface area contributed by atoms with Crippen LogP contribution in [-0.2, 0) is 6.54 Å². The molecule has 1 aromatic rings. The fourth-order valence-corrected chi connectivity index (χ4v) is 2.36. The Hall–Kier alpha value is -1.88. The zero-order chi connectivity index (χ0) is 13.6. The minimum Gasteiger partial charge on any atom is -0.321 e. The van der Waals surface area contributed by atoms with Gasteiger partial charge in [-0.3, -0.25) is 10.9 Å². The number of hydrogen-bond acceptors (Lipinski definition) is 4. The van der Waals surface area contributed by atoms with Crippen LogP contribution in [0.15, 0.2) is 54.6 Å². The maximum Gasteiger partial charge on any atom is 0.0533 e. The van der Waals surface area contributed by atoms with Gasteiger partial charge in [-0.1, -0.05) is 42.5 Å². The molecule has 4 nitrogen and oxygen atoms in total. The van der Waals surface area contributed by atoms with E-state index in [1.165, 1.54) is 11.1 Å². The van der Waals surface area contributed by atoms with E-state index in [1.807, 2.05) is 0 Å². The molecular formula is C16H20N4. The first-order valence-corrected chi connectivity index (χ1v) is 7.02. The molecule has 4 N–H and O–H groups in total. The molecule has 2 aliphatic rings. The van der Waals surface area contributed by atoms with Crippen LogP contribution >= 0.6 is 0 Å². The van der Waals surface area contributed by atoms with Crippen molar-refractivity contribution in [3.8, 4) is 0 Å². The second kappa shape index (κ2) is 6.52. The van der Waals surface area contributed by atoms with E-state index in [0.29, 0.717) is 6.04 Å². The summed E-state index contributed by atoms with van der Waals surface area (Å²) in [7, 11) is 0. The Bertz CT molecular complexity index is 545. The van der Waals surface area contributed by atoms with Gasteiger partial charge in [-0.2, -0.15) is 0 Å². The maximum absolute atomic E-state index is 3.33. The van der Waals surface area contributed by atoms with Crippen LogP contribution in [-0.4, -0.2) is 12.6 Å². The van der Waals surface area contributed by atoms with Gasteiger partial charge in [-0.25, -0.2) is 5.43 Å². The molecule has 4 heteroatoms. The van der Waals surface area contributed by atoms with Gasteiger partial charge in [-0.05, 0) is 29.7 Å². The third-order valence-electron chi connectivity index (χ3n) is 3.43.